The zero-order valence-electron chi connectivity index (χ0n) is 13.9. The lowest BCUT2D eigenvalue weighted by Gasteiger charge is -2.25. The van der Waals surface area contributed by atoms with E-state index in [1.165, 1.54) is 4.90 Å². The largest absolute Gasteiger partial charge is 0.497 e. The van der Waals surface area contributed by atoms with Crippen LogP contribution in [0.3, 0.4) is 0 Å². The van der Waals surface area contributed by atoms with Crippen LogP contribution in [0.5, 0.6) is 11.5 Å². The molecule has 0 aliphatic heterocycles. The van der Waals surface area contributed by atoms with Crippen molar-refractivity contribution in [2.45, 2.75) is 32.2 Å². The molecule has 0 heterocycles. The van der Waals surface area contributed by atoms with E-state index in [-0.39, 0.29) is 30.3 Å². The van der Waals surface area contributed by atoms with Gasteiger partial charge in [-0.15, -0.1) is 0 Å². The van der Waals surface area contributed by atoms with E-state index in [1.54, 1.807) is 14.2 Å². The Bertz CT molecular complexity index is 599. The molecule has 1 aromatic rings. The summed E-state index contributed by atoms with van der Waals surface area (Å²) in [4.78, 5) is 25.0. The first-order chi connectivity index (χ1) is 10.9. The van der Waals surface area contributed by atoms with Gasteiger partial charge >= 0.3 is 5.97 Å². The Morgan fingerprint density at radius 1 is 1.30 bits per heavy atom. The van der Waals surface area contributed by atoms with Crippen LogP contribution in [0.15, 0.2) is 18.2 Å². The van der Waals surface area contributed by atoms with Crippen molar-refractivity contribution in [1.82, 2.24) is 4.90 Å². The summed E-state index contributed by atoms with van der Waals surface area (Å²) in [5, 5.41) is 8.99. The van der Waals surface area contributed by atoms with Crippen molar-refractivity contribution in [2.24, 2.45) is 5.92 Å². The maximum Gasteiger partial charge on any atom is 0.323 e. The van der Waals surface area contributed by atoms with Gasteiger partial charge in [0, 0.05) is 23.4 Å². The molecule has 2 unspecified atom stereocenters. The highest BCUT2D eigenvalue weighted by atomic mass is 16.5. The third kappa shape index (κ3) is 3.75. The molecule has 2 rings (SSSR count). The number of nitrogens with zero attached hydrogens (tertiary/aromatic N) is 1. The van der Waals surface area contributed by atoms with Crippen LogP contribution in [0, 0.1) is 5.92 Å². The minimum Gasteiger partial charge on any atom is -0.497 e. The molecular formula is C17H23NO5. The molecule has 1 aliphatic rings. The molecule has 126 valence electrons. The van der Waals surface area contributed by atoms with E-state index in [4.69, 9.17) is 14.6 Å². The average Bonchev–Trinajstić information content (AvgIpc) is 3.31. The Balaban J connectivity index is 2.17. The van der Waals surface area contributed by atoms with Crippen molar-refractivity contribution < 1.29 is 24.2 Å². The number of carbonyl (C=O) groups is 2. The SMILES string of the molecule is COc1ccc(OC)c(C2CC2C(=O)N(CC(=O)O)C(C)C)c1. The maximum atomic E-state index is 12.6. The molecule has 0 aromatic heterocycles. The molecule has 0 saturated heterocycles. The van der Waals surface area contributed by atoms with E-state index in [0.717, 1.165) is 11.3 Å². The summed E-state index contributed by atoms with van der Waals surface area (Å²) in [6.45, 7) is 3.38. The quantitative estimate of drug-likeness (QED) is 0.832. The predicted molar refractivity (Wildman–Crippen MR) is 84.9 cm³/mol. The molecule has 2 atom stereocenters. The van der Waals surface area contributed by atoms with Gasteiger partial charge in [0.2, 0.25) is 5.91 Å². The molecule has 1 N–H and O–H groups in total. The highest BCUT2D eigenvalue weighted by molar-refractivity contribution is 5.86. The predicted octanol–water partition coefficient (Wildman–Crippen LogP) is 2.13. The molecular weight excluding hydrogens is 298 g/mol. The van der Waals surface area contributed by atoms with Crippen LogP contribution in [-0.4, -0.2) is 48.7 Å². The Hall–Kier alpha value is -2.24. The van der Waals surface area contributed by atoms with Gasteiger partial charge in [-0.05, 0) is 38.5 Å². The maximum absolute atomic E-state index is 12.6. The standard InChI is InChI=1S/C17H23NO5/c1-10(2)18(9-16(19)20)17(21)14-8-12(14)13-7-11(22-3)5-6-15(13)23-4/h5-7,10,12,14H,8-9H2,1-4H3,(H,19,20). The van der Waals surface area contributed by atoms with Crippen LogP contribution >= 0.6 is 0 Å². The molecule has 0 bridgehead atoms. The average molecular weight is 321 g/mol. The molecule has 6 nitrogen and oxygen atoms in total. The van der Waals surface area contributed by atoms with E-state index in [1.807, 2.05) is 32.0 Å². The zero-order chi connectivity index (χ0) is 17.1. The van der Waals surface area contributed by atoms with Gasteiger partial charge < -0.3 is 19.5 Å². The van der Waals surface area contributed by atoms with E-state index in [9.17, 15) is 9.59 Å². The number of carbonyl (C=O) groups excluding carboxylic acids is 1. The van der Waals surface area contributed by atoms with Crippen LogP contribution in [0.25, 0.3) is 0 Å². The first kappa shape index (κ1) is 17.1. The lowest BCUT2D eigenvalue weighted by atomic mass is 10.1. The number of carboxylic acid groups (broad SMARTS) is 1. The topological polar surface area (TPSA) is 76.1 Å². The van der Waals surface area contributed by atoms with Crippen LogP contribution in [0.4, 0.5) is 0 Å². The van der Waals surface area contributed by atoms with Crippen LogP contribution in [0.2, 0.25) is 0 Å². The van der Waals surface area contributed by atoms with Crippen molar-refractivity contribution in [3.8, 4) is 11.5 Å². The number of aliphatic carboxylic acids is 1. The van der Waals surface area contributed by atoms with Gasteiger partial charge in [0.1, 0.15) is 18.0 Å². The fourth-order valence-electron chi connectivity index (χ4n) is 2.81. The van der Waals surface area contributed by atoms with Crippen molar-refractivity contribution in [2.75, 3.05) is 20.8 Å². The molecule has 1 fully saturated rings. The molecule has 1 aliphatic carbocycles. The summed E-state index contributed by atoms with van der Waals surface area (Å²) in [6, 6.07) is 5.37. The smallest absolute Gasteiger partial charge is 0.323 e. The van der Waals surface area contributed by atoms with Crippen molar-refractivity contribution in [3.05, 3.63) is 23.8 Å². The lowest BCUT2D eigenvalue weighted by Crippen LogP contribution is -2.41. The van der Waals surface area contributed by atoms with Gasteiger partial charge in [0.15, 0.2) is 0 Å². The van der Waals surface area contributed by atoms with Gasteiger partial charge in [-0.3, -0.25) is 9.59 Å². The van der Waals surface area contributed by atoms with Crippen LogP contribution < -0.4 is 9.47 Å². The first-order valence-corrected chi connectivity index (χ1v) is 7.63. The molecule has 23 heavy (non-hydrogen) atoms. The van der Waals surface area contributed by atoms with E-state index < -0.39 is 5.97 Å². The molecule has 1 saturated carbocycles. The van der Waals surface area contributed by atoms with Gasteiger partial charge in [0.05, 0.1) is 14.2 Å². The number of ether oxygens (including phenoxy) is 2. The van der Waals surface area contributed by atoms with E-state index in [0.29, 0.717) is 12.2 Å². The first-order valence-electron chi connectivity index (χ1n) is 7.63. The highest BCUT2D eigenvalue weighted by Gasteiger charge is 2.47. The van der Waals surface area contributed by atoms with Crippen LogP contribution in [0.1, 0.15) is 31.7 Å². The van der Waals surface area contributed by atoms with Crippen molar-refractivity contribution >= 4 is 11.9 Å². The Labute approximate surface area is 136 Å². The van der Waals surface area contributed by atoms with Crippen molar-refractivity contribution in [3.63, 3.8) is 0 Å². The van der Waals surface area contributed by atoms with E-state index in [2.05, 4.69) is 0 Å². The zero-order valence-corrected chi connectivity index (χ0v) is 13.9. The molecule has 1 amide bonds. The summed E-state index contributed by atoms with van der Waals surface area (Å²) in [6.07, 6.45) is 0.700. The summed E-state index contributed by atoms with van der Waals surface area (Å²) in [5.41, 5.74) is 0.934. The van der Waals surface area contributed by atoms with E-state index >= 15 is 0 Å². The Morgan fingerprint density at radius 3 is 2.52 bits per heavy atom. The number of hydrogen-bond donors (Lipinski definition) is 1. The monoisotopic (exact) mass is 321 g/mol. The third-order valence-electron chi connectivity index (χ3n) is 4.16. The molecule has 0 radical (unpaired) electrons. The van der Waals surface area contributed by atoms with Crippen molar-refractivity contribution in [1.29, 1.82) is 0 Å². The highest BCUT2D eigenvalue weighted by Crippen LogP contribution is 2.52. The molecule has 6 heteroatoms. The number of carboxylic acids is 1. The number of methoxy groups -OCH3 is 2. The fourth-order valence-corrected chi connectivity index (χ4v) is 2.81. The third-order valence-corrected chi connectivity index (χ3v) is 4.16. The number of amides is 1. The second-order valence-electron chi connectivity index (χ2n) is 6.01. The normalized spacial score (nSPS) is 19.3. The fraction of sp³-hybridized carbons (Fsp3) is 0.529. The summed E-state index contributed by atoms with van der Waals surface area (Å²) in [7, 11) is 3.18. The molecule has 1 aromatic carbocycles. The Kier molecular flexibility index (Phi) is 5.13. The van der Waals surface area contributed by atoms with Gasteiger partial charge in [0.25, 0.3) is 0 Å². The second-order valence-corrected chi connectivity index (χ2v) is 6.01. The second kappa shape index (κ2) is 6.89. The minimum atomic E-state index is -0.997. The molecule has 0 spiro atoms. The summed E-state index contributed by atoms with van der Waals surface area (Å²) < 4.78 is 10.6. The van der Waals surface area contributed by atoms with Crippen LogP contribution in [-0.2, 0) is 9.59 Å². The van der Waals surface area contributed by atoms with Gasteiger partial charge in [-0.2, -0.15) is 0 Å². The number of hydrogen-bond acceptors (Lipinski definition) is 4. The summed E-state index contributed by atoms with van der Waals surface area (Å²) >= 11 is 0. The summed E-state index contributed by atoms with van der Waals surface area (Å²) in [5.74, 6) is 0.173. The number of rotatable bonds is 7. The Morgan fingerprint density at radius 2 is 2.00 bits per heavy atom. The lowest BCUT2D eigenvalue weighted by molar-refractivity contribution is -0.146. The number of benzene rings is 1. The van der Waals surface area contributed by atoms with Gasteiger partial charge in [-0.1, -0.05) is 0 Å². The minimum absolute atomic E-state index is 0.0441. The van der Waals surface area contributed by atoms with Gasteiger partial charge in [-0.25, -0.2) is 0 Å².